The van der Waals surface area contributed by atoms with Crippen LogP contribution in [0.2, 0.25) is 0 Å². The van der Waals surface area contributed by atoms with Crippen LogP contribution in [0.1, 0.15) is 18.0 Å². The molecule has 0 unspecified atom stereocenters. The van der Waals surface area contributed by atoms with Crippen molar-refractivity contribution in [1.29, 1.82) is 0 Å². The molecule has 0 amide bonds. The number of rotatable bonds is 7. The minimum absolute atomic E-state index is 0.0242. The Morgan fingerprint density at radius 2 is 2.08 bits per heavy atom. The van der Waals surface area contributed by atoms with Crippen LogP contribution in [-0.4, -0.2) is 31.4 Å². The first-order chi connectivity index (χ1) is 12.5. The van der Waals surface area contributed by atoms with Crippen LogP contribution in [0.4, 0.5) is 15.9 Å². The number of hydrogen-bond donors (Lipinski definition) is 1. The average molecular weight is 360 g/mol. The molecule has 0 atom stereocenters. The van der Waals surface area contributed by atoms with Crippen molar-refractivity contribution in [3.63, 3.8) is 0 Å². The molecule has 0 aliphatic carbocycles. The van der Waals surface area contributed by atoms with Crippen molar-refractivity contribution < 1.29 is 13.8 Å². The SMILES string of the molecule is Cc1nn(C)c(NCCCc2nc(-c3ccc(F)cc3)no2)c1[N+](=O)[O-]. The van der Waals surface area contributed by atoms with Gasteiger partial charge in [-0.3, -0.25) is 10.1 Å². The van der Waals surface area contributed by atoms with Gasteiger partial charge in [0.2, 0.25) is 17.5 Å². The molecule has 0 spiro atoms. The quantitative estimate of drug-likeness (QED) is 0.392. The zero-order chi connectivity index (χ0) is 18.7. The molecular weight excluding hydrogens is 343 g/mol. The Hall–Kier alpha value is -3.30. The molecular formula is C16H17FN6O3. The van der Waals surface area contributed by atoms with E-state index in [1.54, 1.807) is 26.1 Å². The standard InChI is InChI=1S/C16H17FN6O3/c1-10-14(23(24)25)16(22(2)20-10)18-9-3-4-13-19-15(21-26-13)11-5-7-12(17)8-6-11/h5-8,18H,3-4,9H2,1-2H3. The van der Waals surface area contributed by atoms with Gasteiger partial charge in [-0.25, -0.2) is 9.07 Å². The predicted molar refractivity (Wildman–Crippen MR) is 91.1 cm³/mol. The van der Waals surface area contributed by atoms with E-state index >= 15 is 0 Å². The Bertz CT molecular complexity index is 919. The number of aryl methyl sites for hydroxylation is 3. The Balaban J connectivity index is 1.57. The lowest BCUT2D eigenvalue weighted by Gasteiger charge is -2.04. The fourth-order valence-corrected chi connectivity index (χ4v) is 2.58. The number of nitrogens with zero attached hydrogens (tertiary/aromatic N) is 5. The van der Waals surface area contributed by atoms with E-state index in [2.05, 4.69) is 20.6 Å². The Morgan fingerprint density at radius 1 is 1.35 bits per heavy atom. The summed E-state index contributed by atoms with van der Waals surface area (Å²) in [5.74, 6) is 0.876. The van der Waals surface area contributed by atoms with Gasteiger partial charge in [-0.15, -0.1) is 0 Å². The van der Waals surface area contributed by atoms with Crippen LogP contribution in [-0.2, 0) is 13.5 Å². The van der Waals surface area contributed by atoms with Gasteiger partial charge in [0, 0.05) is 25.6 Å². The molecule has 9 nitrogen and oxygen atoms in total. The zero-order valence-corrected chi connectivity index (χ0v) is 14.3. The lowest BCUT2D eigenvalue weighted by molar-refractivity contribution is -0.384. The van der Waals surface area contributed by atoms with E-state index in [0.717, 1.165) is 0 Å². The highest BCUT2D eigenvalue weighted by Crippen LogP contribution is 2.27. The fraction of sp³-hybridized carbons (Fsp3) is 0.312. The molecule has 26 heavy (non-hydrogen) atoms. The van der Waals surface area contributed by atoms with Gasteiger partial charge in [0.05, 0.1) is 4.92 Å². The van der Waals surface area contributed by atoms with Gasteiger partial charge in [0.25, 0.3) is 0 Å². The summed E-state index contributed by atoms with van der Waals surface area (Å²) < 4.78 is 19.6. The lowest BCUT2D eigenvalue weighted by atomic mass is 10.2. The number of benzene rings is 1. The van der Waals surface area contributed by atoms with Gasteiger partial charge >= 0.3 is 5.69 Å². The van der Waals surface area contributed by atoms with Crippen LogP contribution >= 0.6 is 0 Å². The number of halogens is 1. The highest BCUT2D eigenvalue weighted by atomic mass is 19.1. The number of aromatic nitrogens is 4. The molecule has 0 bridgehead atoms. The highest BCUT2D eigenvalue weighted by Gasteiger charge is 2.23. The van der Waals surface area contributed by atoms with Crippen LogP contribution in [0.25, 0.3) is 11.4 Å². The smallest absolute Gasteiger partial charge is 0.333 e. The van der Waals surface area contributed by atoms with E-state index in [-0.39, 0.29) is 11.5 Å². The van der Waals surface area contributed by atoms with E-state index in [9.17, 15) is 14.5 Å². The van der Waals surface area contributed by atoms with Crippen molar-refractivity contribution in [3.05, 3.63) is 51.8 Å². The highest BCUT2D eigenvalue weighted by molar-refractivity contribution is 5.59. The monoisotopic (exact) mass is 360 g/mol. The van der Waals surface area contributed by atoms with E-state index in [4.69, 9.17) is 4.52 Å². The first-order valence-electron chi connectivity index (χ1n) is 7.96. The third kappa shape index (κ3) is 3.68. The molecule has 2 aromatic heterocycles. The first kappa shape index (κ1) is 17.5. The lowest BCUT2D eigenvalue weighted by Crippen LogP contribution is -2.08. The molecule has 2 heterocycles. The summed E-state index contributed by atoms with van der Waals surface area (Å²) >= 11 is 0. The third-order valence-corrected chi connectivity index (χ3v) is 3.80. The minimum Gasteiger partial charge on any atom is -0.365 e. The second-order valence-electron chi connectivity index (χ2n) is 5.71. The number of anilines is 1. The van der Waals surface area contributed by atoms with Crippen molar-refractivity contribution >= 4 is 11.5 Å². The number of nitrogens with one attached hydrogen (secondary N) is 1. The molecule has 3 rings (SSSR count). The molecule has 0 saturated heterocycles. The molecule has 0 aliphatic heterocycles. The van der Waals surface area contributed by atoms with Gasteiger partial charge in [0.15, 0.2) is 0 Å². The van der Waals surface area contributed by atoms with E-state index in [1.165, 1.54) is 16.8 Å². The van der Waals surface area contributed by atoms with Gasteiger partial charge in [-0.1, -0.05) is 5.16 Å². The predicted octanol–water partition coefficient (Wildman–Crippen LogP) is 2.87. The van der Waals surface area contributed by atoms with Crippen LogP contribution in [0.15, 0.2) is 28.8 Å². The molecule has 0 radical (unpaired) electrons. The fourth-order valence-electron chi connectivity index (χ4n) is 2.58. The zero-order valence-electron chi connectivity index (χ0n) is 14.3. The number of hydrogen-bond acceptors (Lipinski definition) is 7. The largest absolute Gasteiger partial charge is 0.365 e. The summed E-state index contributed by atoms with van der Waals surface area (Å²) in [5, 5.41) is 22.1. The van der Waals surface area contributed by atoms with Crippen molar-refractivity contribution in [3.8, 4) is 11.4 Å². The normalized spacial score (nSPS) is 10.9. The van der Waals surface area contributed by atoms with Gasteiger partial charge in [-0.2, -0.15) is 10.1 Å². The van der Waals surface area contributed by atoms with Gasteiger partial charge in [0.1, 0.15) is 11.5 Å². The summed E-state index contributed by atoms with van der Waals surface area (Å²) in [4.78, 5) is 14.9. The molecule has 0 aliphatic rings. The second kappa shape index (κ2) is 7.30. The third-order valence-electron chi connectivity index (χ3n) is 3.80. The summed E-state index contributed by atoms with van der Waals surface area (Å²) in [6.07, 6.45) is 1.14. The summed E-state index contributed by atoms with van der Waals surface area (Å²) in [7, 11) is 1.65. The maximum Gasteiger partial charge on any atom is 0.333 e. The first-order valence-corrected chi connectivity index (χ1v) is 7.96. The summed E-state index contributed by atoms with van der Waals surface area (Å²) in [6.45, 7) is 2.08. The van der Waals surface area contributed by atoms with Crippen LogP contribution < -0.4 is 5.32 Å². The molecule has 1 aromatic carbocycles. The Morgan fingerprint density at radius 3 is 2.77 bits per heavy atom. The average Bonchev–Trinajstić information content (AvgIpc) is 3.16. The molecule has 0 fully saturated rings. The van der Waals surface area contributed by atoms with Gasteiger partial charge < -0.3 is 9.84 Å². The maximum atomic E-state index is 12.9. The van der Waals surface area contributed by atoms with E-state index in [1.807, 2.05) is 0 Å². The van der Waals surface area contributed by atoms with Crippen molar-refractivity contribution in [2.45, 2.75) is 19.8 Å². The van der Waals surface area contributed by atoms with E-state index < -0.39 is 4.92 Å². The molecule has 10 heteroatoms. The van der Waals surface area contributed by atoms with Crippen molar-refractivity contribution in [1.82, 2.24) is 19.9 Å². The van der Waals surface area contributed by atoms with E-state index in [0.29, 0.717) is 48.2 Å². The van der Waals surface area contributed by atoms with Crippen LogP contribution in [0.5, 0.6) is 0 Å². The Labute approximate surface area is 148 Å². The molecule has 136 valence electrons. The Kier molecular flexibility index (Phi) is 4.92. The summed E-state index contributed by atoms with van der Waals surface area (Å²) in [6, 6.07) is 5.82. The van der Waals surface area contributed by atoms with Crippen molar-refractivity contribution in [2.24, 2.45) is 7.05 Å². The van der Waals surface area contributed by atoms with Crippen molar-refractivity contribution in [2.75, 3.05) is 11.9 Å². The van der Waals surface area contributed by atoms with Crippen LogP contribution in [0.3, 0.4) is 0 Å². The summed E-state index contributed by atoms with van der Waals surface area (Å²) in [5.41, 5.74) is 1.00. The second-order valence-corrected chi connectivity index (χ2v) is 5.71. The van der Waals surface area contributed by atoms with Gasteiger partial charge in [-0.05, 0) is 37.6 Å². The van der Waals surface area contributed by atoms with Crippen LogP contribution in [0, 0.1) is 22.9 Å². The minimum atomic E-state index is -0.447. The topological polar surface area (TPSA) is 112 Å². The maximum absolute atomic E-state index is 12.9. The molecule has 3 aromatic rings. The number of nitro groups is 1. The molecule has 0 saturated carbocycles. The molecule has 1 N–H and O–H groups in total.